The fraction of sp³-hybridized carbons (Fsp3) is 0.0769. The molecule has 21 heavy (non-hydrogen) atoms. The van der Waals surface area contributed by atoms with Gasteiger partial charge in [-0.3, -0.25) is 20.2 Å². The summed E-state index contributed by atoms with van der Waals surface area (Å²) >= 11 is 5.99. The van der Waals surface area contributed by atoms with E-state index in [0.29, 0.717) is 17.1 Å². The Kier molecular flexibility index (Phi) is 4.04. The molecule has 1 aromatic carbocycles. The van der Waals surface area contributed by atoms with Gasteiger partial charge in [0.05, 0.1) is 20.9 Å². The number of rotatable bonds is 4. The first-order valence-corrected chi connectivity index (χ1v) is 6.13. The average molecular weight is 309 g/mol. The van der Waals surface area contributed by atoms with Crippen molar-refractivity contribution >= 4 is 23.4 Å². The number of halogens is 1. The zero-order valence-corrected chi connectivity index (χ0v) is 11.5. The Morgan fingerprint density at radius 1 is 1.24 bits per heavy atom. The van der Waals surface area contributed by atoms with Gasteiger partial charge in [0.25, 0.3) is 5.69 Å². The predicted octanol–water partition coefficient (Wildman–Crippen LogP) is 4.15. The van der Waals surface area contributed by atoms with Crippen LogP contribution < -0.4 is 0 Å². The van der Waals surface area contributed by atoms with Crippen molar-refractivity contribution in [3.8, 4) is 11.3 Å². The highest BCUT2D eigenvalue weighted by molar-refractivity contribution is 6.33. The molecule has 0 amide bonds. The normalized spacial score (nSPS) is 11.4. The Morgan fingerprint density at radius 3 is 2.52 bits per heavy atom. The van der Waals surface area contributed by atoms with Crippen LogP contribution in [-0.4, -0.2) is 9.85 Å². The van der Waals surface area contributed by atoms with E-state index >= 15 is 0 Å². The highest BCUT2D eigenvalue weighted by atomic mass is 35.5. The molecule has 0 saturated carbocycles. The maximum absolute atomic E-state index is 10.6. The average Bonchev–Trinajstić information content (AvgIpc) is 2.86. The number of non-ortho nitro benzene ring substituents is 1. The minimum absolute atomic E-state index is 0.0642. The van der Waals surface area contributed by atoms with Crippen molar-refractivity contribution in [1.29, 1.82) is 0 Å². The molecule has 108 valence electrons. The van der Waals surface area contributed by atoms with Crippen LogP contribution in [0.15, 0.2) is 40.4 Å². The third-order valence-corrected chi connectivity index (χ3v) is 3.01. The smallest absolute Gasteiger partial charge is 0.270 e. The molecule has 0 fully saturated rings. The number of allylic oxidation sites excluding steroid dienone is 1. The summed E-state index contributed by atoms with van der Waals surface area (Å²) in [5.74, 6) is 0.672. The predicted molar refractivity (Wildman–Crippen MR) is 76.5 cm³/mol. The molecule has 0 radical (unpaired) electrons. The van der Waals surface area contributed by atoms with E-state index in [1.54, 1.807) is 12.1 Å². The number of furan rings is 1. The van der Waals surface area contributed by atoms with E-state index < -0.39 is 9.85 Å². The molecule has 1 heterocycles. The molecule has 0 N–H and O–H groups in total. The summed E-state index contributed by atoms with van der Waals surface area (Å²) in [5.41, 5.74) is 0.283. The molecule has 0 atom stereocenters. The van der Waals surface area contributed by atoms with Crippen LogP contribution in [0.1, 0.15) is 12.7 Å². The van der Waals surface area contributed by atoms with E-state index in [9.17, 15) is 20.2 Å². The second-order valence-corrected chi connectivity index (χ2v) is 4.57. The lowest BCUT2D eigenvalue weighted by molar-refractivity contribution is -0.422. The molecule has 0 aliphatic carbocycles. The Morgan fingerprint density at radius 2 is 1.95 bits per heavy atom. The maximum Gasteiger partial charge on any atom is 0.270 e. The minimum Gasteiger partial charge on any atom is -0.456 e. The number of hydrogen-bond donors (Lipinski definition) is 0. The van der Waals surface area contributed by atoms with E-state index in [0.717, 1.165) is 0 Å². The summed E-state index contributed by atoms with van der Waals surface area (Å²) < 4.78 is 5.44. The highest BCUT2D eigenvalue weighted by Gasteiger charge is 2.14. The molecule has 0 saturated heterocycles. The molecule has 1 aromatic heterocycles. The van der Waals surface area contributed by atoms with Gasteiger partial charge < -0.3 is 4.42 Å². The maximum atomic E-state index is 10.6. The van der Waals surface area contributed by atoms with E-state index in [4.69, 9.17) is 16.0 Å². The van der Waals surface area contributed by atoms with Crippen LogP contribution in [-0.2, 0) is 0 Å². The van der Waals surface area contributed by atoms with Crippen LogP contribution in [0.2, 0.25) is 5.02 Å². The van der Waals surface area contributed by atoms with Crippen molar-refractivity contribution < 1.29 is 14.3 Å². The third-order valence-electron chi connectivity index (χ3n) is 2.69. The number of nitro groups is 2. The lowest BCUT2D eigenvalue weighted by Gasteiger charge is -2.00. The number of nitro benzene ring substituents is 1. The van der Waals surface area contributed by atoms with Gasteiger partial charge in [-0.1, -0.05) is 11.6 Å². The van der Waals surface area contributed by atoms with Gasteiger partial charge in [0.2, 0.25) is 5.70 Å². The molecule has 0 spiro atoms. The van der Waals surface area contributed by atoms with Gasteiger partial charge in [-0.15, -0.1) is 0 Å². The van der Waals surface area contributed by atoms with Crippen LogP contribution in [0.25, 0.3) is 17.4 Å². The first-order chi connectivity index (χ1) is 9.88. The van der Waals surface area contributed by atoms with Crippen molar-refractivity contribution in [1.82, 2.24) is 0 Å². The Labute approximate surface area is 123 Å². The molecule has 0 unspecified atom stereocenters. The molecule has 8 heteroatoms. The van der Waals surface area contributed by atoms with Gasteiger partial charge in [-0.05, 0) is 18.2 Å². The molecule has 2 aromatic rings. The lowest BCUT2D eigenvalue weighted by atomic mass is 10.1. The zero-order valence-electron chi connectivity index (χ0n) is 10.8. The van der Waals surface area contributed by atoms with Crippen molar-refractivity contribution in [2.45, 2.75) is 6.92 Å². The van der Waals surface area contributed by atoms with Crippen LogP contribution >= 0.6 is 11.6 Å². The topological polar surface area (TPSA) is 99.4 Å². The molecule has 7 nitrogen and oxygen atoms in total. The van der Waals surface area contributed by atoms with E-state index in [1.807, 2.05) is 0 Å². The van der Waals surface area contributed by atoms with Gasteiger partial charge >= 0.3 is 0 Å². The summed E-state index contributed by atoms with van der Waals surface area (Å²) in [6.07, 6.45) is 1.28. The van der Waals surface area contributed by atoms with Gasteiger partial charge in [0.15, 0.2) is 0 Å². The summed E-state index contributed by atoms with van der Waals surface area (Å²) in [7, 11) is 0. The fourth-order valence-electron chi connectivity index (χ4n) is 1.65. The summed E-state index contributed by atoms with van der Waals surface area (Å²) in [5, 5.41) is 21.4. The number of nitrogens with zero attached hydrogens (tertiary/aromatic N) is 2. The van der Waals surface area contributed by atoms with E-state index in [-0.39, 0.29) is 16.4 Å². The summed E-state index contributed by atoms with van der Waals surface area (Å²) in [6.45, 7) is 1.35. The SMILES string of the molecule is C/C(=C\c1ccc(-c2ccc([N+](=O)[O-])cc2Cl)o1)[N+](=O)[O-]. The molecular weight excluding hydrogens is 300 g/mol. The quantitative estimate of drug-likeness (QED) is 0.624. The van der Waals surface area contributed by atoms with E-state index in [1.165, 1.54) is 31.2 Å². The molecule has 0 bridgehead atoms. The van der Waals surface area contributed by atoms with Crippen molar-refractivity contribution in [3.05, 3.63) is 67.0 Å². The largest absolute Gasteiger partial charge is 0.456 e. The Bertz CT molecular complexity index is 751. The fourth-order valence-corrected chi connectivity index (χ4v) is 1.92. The van der Waals surface area contributed by atoms with Crippen LogP contribution in [0, 0.1) is 20.2 Å². The van der Waals surface area contributed by atoms with Crippen LogP contribution in [0.4, 0.5) is 5.69 Å². The first kappa shape index (κ1) is 14.7. The van der Waals surface area contributed by atoms with Gasteiger partial charge in [-0.25, -0.2) is 0 Å². The van der Waals surface area contributed by atoms with Crippen LogP contribution in [0.5, 0.6) is 0 Å². The number of benzene rings is 1. The summed E-state index contributed by atoms with van der Waals surface area (Å²) in [4.78, 5) is 20.1. The minimum atomic E-state index is -0.549. The number of hydrogen-bond acceptors (Lipinski definition) is 5. The molecular formula is C13H9ClN2O5. The van der Waals surface area contributed by atoms with E-state index in [2.05, 4.69) is 0 Å². The lowest BCUT2D eigenvalue weighted by Crippen LogP contribution is -1.92. The highest BCUT2D eigenvalue weighted by Crippen LogP contribution is 2.32. The standard InChI is InChI=1S/C13H9ClN2O5/c1-8(15(17)18)6-10-3-5-13(21-10)11-4-2-9(16(19)20)7-12(11)14/h2-7H,1H3/b8-6+. The second-order valence-electron chi connectivity index (χ2n) is 4.17. The van der Waals surface area contributed by atoms with Gasteiger partial charge in [0.1, 0.15) is 11.5 Å². The van der Waals surface area contributed by atoms with Crippen molar-refractivity contribution in [3.63, 3.8) is 0 Å². The zero-order chi connectivity index (χ0) is 15.6. The molecule has 0 aliphatic heterocycles. The molecule has 0 aliphatic rings. The molecule has 2 rings (SSSR count). The first-order valence-electron chi connectivity index (χ1n) is 5.75. The summed E-state index contributed by atoms with van der Waals surface area (Å²) in [6, 6.07) is 7.14. The van der Waals surface area contributed by atoms with Crippen molar-refractivity contribution in [2.24, 2.45) is 0 Å². The van der Waals surface area contributed by atoms with Gasteiger partial charge in [0, 0.05) is 24.6 Å². The third kappa shape index (κ3) is 3.26. The Hall–Kier alpha value is -2.67. The Balaban J connectivity index is 2.36. The van der Waals surface area contributed by atoms with Crippen molar-refractivity contribution in [2.75, 3.05) is 0 Å². The second kappa shape index (κ2) is 5.76. The van der Waals surface area contributed by atoms with Crippen LogP contribution in [0.3, 0.4) is 0 Å². The monoisotopic (exact) mass is 308 g/mol. The van der Waals surface area contributed by atoms with Gasteiger partial charge in [-0.2, -0.15) is 0 Å².